The number of carbonyl (C=O) groups is 1. The van der Waals surface area contributed by atoms with Crippen LogP contribution in [0.3, 0.4) is 0 Å². The Morgan fingerprint density at radius 1 is 1.05 bits per heavy atom. The monoisotopic (exact) mass is 540 g/mol. The summed E-state index contributed by atoms with van der Waals surface area (Å²) < 4.78 is 20.6. The number of rotatable bonds is 5. The van der Waals surface area contributed by atoms with Gasteiger partial charge in [0.1, 0.15) is 17.8 Å². The van der Waals surface area contributed by atoms with Gasteiger partial charge in [0, 0.05) is 18.7 Å². The average Bonchev–Trinajstić information content (AvgIpc) is 2.85. The van der Waals surface area contributed by atoms with E-state index in [2.05, 4.69) is 10.1 Å². The van der Waals surface area contributed by atoms with Gasteiger partial charge in [0.15, 0.2) is 5.75 Å². The molecule has 37 heavy (non-hydrogen) atoms. The number of halogens is 3. The summed E-state index contributed by atoms with van der Waals surface area (Å²) in [7, 11) is 0. The first-order valence-corrected chi connectivity index (χ1v) is 12.0. The summed E-state index contributed by atoms with van der Waals surface area (Å²) in [5, 5.41) is 4.03. The molecule has 1 aliphatic rings. The van der Waals surface area contributed by atoms with E-state index >= 15 is 0 Å². The summed E-state index contributed by atoms with van der Waals surface area (Å²) in [5.74, 6) is 0.113. The van der Waals surface area contributed by atoms with Crippen molar-refractivity contribution >= 4 is 29.1 Å². The van der Waals surface area contributed by atoms with Crippen LogP contribution in [-0.4, -0.2) is 32.1 Å². The number of amides is 1. The zero-order valence-electron chi connectivity index (χ0n) is 19.4. The number of carbonyl (C=O) groups excluding carboxylic acids is 1. The second-order valence-electron chi connectivity index (χ2n) is 8.56. The quantitative estimate of drug-likeness (QED) is 0.396. The molecule has 0 spiro atoms. The summed E-state index contributed by atoms with van der Waals surface area (Å²) in [5.41, 5.74) is 1.92. The van der Waals surface area contributed by atoms with Crippen LogP contribution in [0.2, 0.25) is 10.0 Å². The fourth-order valence-corrected chi connectivity index (χ4v) is 4.72. The largest absolute Gasteiger partial charge is 0.454 e. The number of aryl methyl sites for hydroxylation is 1. The lowest BCUT2D eigenvalue weighted by Gasteiger charge is -2.29. The first-order chi connectivity index (χ1) is 17.7. The highest BCUT2D eigenvalue weighted by Crippen LogP contribution is 2.39. The maximum Gasteiger partial charge on any atom is 0.349 e. The number of hydrogen-bond donors (Lipinski definition) is 1. The molecule has 2 heterocycles. The van der Waals surface area contributed by atoms with Crippen LogP contribution in [0.25, 0.3) is 5.69 Å². The predicted molar refractivity (Wildman–Crippen MR) is 137 cm³/mol. The fourth-order valence-electron chi connectivity index (χ4n) is 4.16. The smallest absolute Gasteiger partial charge is 0.349 e. The van der Waals surface area contributed by atoms with Crippen LogP contribution in [0.1, 0.15) is 27.0 Å². The van der Waals surface area contributed by atoms with E-state index < -0.39 is 11.2 Å². The van der Waals surface area contributed by atoms with Crippen LogP contribution in [0.4, 0.5) is 4.39 Å². The molecule has 5 rings (SSSR count). The number of H-pyrrole nitrogens is 1. The van der Waals surface area contributed by atoms with Crippen LogP contribution in [0, 0.1) is 12.7 Å². The number of fused-ring (bicyclic) bond motifs is 1. The van der Waals surface area contributed by atoms with E-state index in [-0.39, 0.29) is 33.2 Å². The van der Waals surface area contributed by atoms with Crippen molar-refractivity contribution in [1.29, 1.82) is 0 Å². The highest BCUT2D eigenvalue weighted by molar-refractivity contribution is 6.37. The molecule has 0 atom stereocenters. The number of aromatic amines is 1. The zero-order chi connectivity index (χ0) is 26.3. The molecule has 0 saturated carbocycles. The zero-order valence-corrected chi connectivity index (χ0v) is 20.9. The summed E-state index contributed by atoms with van der Waals surface area (Å²) in [6.07, 6.45) is 1.55. The van der Waals surface area contributed by atoms with Crippen LogP contribution in [-0.2, 0) is 13.0 Å². The van der Waals surface area contributed by atoms with Crippen LogP contribution in [0.15, 0.2) is 64.3 Å². The minimum Gasteiger partial charge on any atom is -0.454 e. The Morgan fingerprint density at radius 3 is 2.54 bits per heavy atom. The van der Waals surface area contributed by atoms with Crippen molar-refractivity contribution in [3.63, 3.8) is 0 Å². The van der Waals surface area contributed by atoms with E-state index in [0.717, 1.165) is 27.6 Å². The lowest BCUT2D eigenvalue weighted by molar-refractivity contribution is 0.0726. The first-order valence-electron chi connectivity index (χ1n) is 11.2. The van der Waals surface area contributed by atoms with E-state index in [1.54, 1.807) is 29.2 Å². The molecule has 4 aromatic rings. The standard InChI is InChI=1S/C26H19Cl2FN4O4/c1-14-2-3-17(29)8-16(14)13-32-7-6-15-9-19(4-5-20(15)25(32)35)37-24-21(27)10-18(11-22(24)28)33-26(36)31-23(34)12-30-33/h2-5,8-12H,6-7,13H2,1H3,(H,31,34,36). The van der Waals surface area contributed by atoms with Crippen LogP contribution >= 0.6 is 23.2 Å². The lowest BCUT2D eigenvalue weighted by atomic mass is 9.97. The maximum atomic E-state index is 13.7. The molecule has 0 saturated heterocycles. The molecule has 8 nitrogen and oxygen atoms in total. The average molecular weight is 541 g/mol. The van der Waals surface area contributed by atoms with Crippen molar-refractivity contribution < 1.29 is 13.9 Å². The summed E-state index contributed by atoms with van der Waals surface area (Å²) in [6, 6.07) is 12.5. The molecule has 0 unspecified atom stereocenters. The normalized spacial score (nSPS) is 13.0. The minimum atomic E-state index is -0.741. The second kappa shape index (κ2) is 9.84. The molecule has 188 valence electrons. The molecule has 1 amide bonds. The third kappa shape index (κ3) is 5.00. The molecule has 1 N–H and O–H groups in total. The van der Waals surface area contributed by atoms with Crippen molar-refractivity contribution in [2.45, 2.75) is 19.9 Å². The Kier molecular flexibility index (Phi) is 6.57. The van der Waals surface area contributed by atoms with Gasteiger partial charge in [-0.1, -0.05) is 29.3 Å². The molecular formula is C26H19Cl2FN4O4. The van der Waals surface area contributed by atoms with Crippen molar-refractivity contribution in [2.75, 3.05) is 6.54 Å². The van der Waals surface area contributed by atoms with Gasteiger partial charge in [-0.25, -0.2) is 9.18 Å². The van der Waals surface area contributed by atoms with Gasteiger partial charge in [0.25, 0.3) is 11.5 Å². The summed E-state index contributed by atoms with van der Waals surface area (Å²) in [6.45, 7) is 2.69. The van der Waals surface area contributed by atoms with Gasteiger partial charge in [0.2, 0.25) is 0 Å². The van der Waals surface area contributed by atoms with Gasteiger partial charge in [-0.3, -0.25) is 14.6 Å². The van der Waals surface area contributed by atoms with Crippen LogP contribution in [0.5, 0.6) is 11.5 Å². The van der Waals surface area contributed by atoms with E-state index in [1.165, 1.54) is 24.3 Å². The Labute approximate surface area is 219 Å². The third-order valence-electron chi connectivity index (χ3n) is 6.08. The Morgan fingerprint density at radius 2 is 1.81 bits per heavy atom. The van der Waals surface area contributed by atoms with Gasteiger partial charge in [-0.05, 0) is 72.5 Å². The molecule has 0 radical (unpaired) electrons. The second-order valence-corrected chi connectivity index (χ2v) is 9.37. The van der Waals surface area contributed by atoms with Gasteiger partial charge in [-0.2, -0.15) is 9.78 Å². The molecule has 1 aromatic heterocycles. The Balaban J connectivity index is 1.37. The van der Waals surface area contributed by atoms with E-state index in [9.17, 15) is 18.8 Å². The van der Waals surface area contributed by atoms with E-state index in [1.807, 2.05) is 6.92 Å². The van der Waals surface area contributed by atoms with Crippen molar-refractivity contribution in [3.05, 3.63) is 114 Å². The first kappa shape index (κ1) is 24.7. The number of benzene rings is 3. The minimum absolute atomic E-state index is 0.118. The SMILES string of the molecule is Cc1ccc(F)cc1CN1CCc2cc(Oc3c(Cl)cc(-n4ncc(=O)[nH]c4=O)cc3Cl)ccc2C1=O. The Hall–Kier alpha value is -3.95. The summed E-state index contributed by atoms with van der Waals surface area (Å²) >= 11 is 12.8. The summed E-state index contributed by atoms with van der Waals surface area (Å²) in [4.78, 5) is 40.2. The van der Waals surface area contributed by atoms with Crippen molar-refractivity contribution in [1.82, 2.24) is 19.7 Å². The fraction of sp³-hybridized carbons (Fsp3) is 0.154. The van der Waals surface area contributed by atoms with E-state index in [0.29, 0.717) is 30.8 Å². The van der Waals surface area contributed by atoms with Crippen LogP contribution < -0.4 is 16.0 Å². The number of aromatic nitrogens is 3. The van der Waals surface area contributed by atoms with Gasteiger partial charge in [0.05, 0.1) is 15.7 Å². The molecule has 1 aliphatic heterocycles. The molecule has 0 aliphatic carbocycles. The van der Waals surface area contributed by atoms with Gasteiger partial charge in [-0.15, -0.1) is 0 Å². The maximum absolute atomic E-state index is 13.7. The van der Waals surface area contributed by atoms with Crippen molar-refractivity contribution in [2.24, 2.45) is 0 Å². The molecule has 11 heteroatoms. The molecular weight excluding hydrogens is 522 g/mol. The lowest BCUT2D eigenvalue weighted by Crippen LogP contribution is -2.37. The Bertz CT molecular complexity index is 1640. The number of nitrogens with zero attached hydrogens (tertiary/aromatic N) is 3. The predicted octanol–water partition coefficient (Wildman–Crippen LogP) is 4.67. The highest BCUT2D eigenvalue weighted by atomic mass is 35.5. The van der Waals surface area contributed by atoms with Crippen molar-refractivity contribution in [3.8, 4) is 17.2 Å². The highest BCUT2D eigenvalue weighted by Gasteiger charge is 2.25. The number of nitrogens with one attached hydrogen (secondary N) is 1. The molecule has 0 fully saturated rings. The molecule has 0 bridgehead atoms. The third-order valence-corrected chi connectivity index (χ3v) is 6.64. The number of hydrogen-bond acceptors (Lipinski definition) is 5. The van der Waals surface area contributed by atoms with Gasteiger partial charge >= 0.3 is 5.69 Å². The van der Waals surface area contributed by atoms with E-state index in [4.69, 9.17) is 27.9 Å². The van der Waals surface area contributed by atoms with Gasteiger partial charge < -0.3 is 9.64 Å². The number of ether oxygens (including phenoxy) is 1. The topological polar surface area (TPSA) is 97.3 Å². The molecule has 3 aromatic carbocycles.